The molecule has 1 aromatic carbocycles. The number of rotatable bonds is 5. The van der Waals surface area contributed by atoms with Gasteiger partial charge in [-0.1, -0.05) is 56.9 Å². The van der Waals surface area contributed by atoms with Gasteiger partial charge in [0, 0.05) is 5.92 Å². The summed E-state index contributed by atoms with van der Waals surface area (Å²) in [4.78, 5) is 0. The first-order valence-electron chi connectivity index (χ1n) is 7.58. The van der Waals surface area contributed by atoms with E-state index in [4.69, 9.17) is 0 Å². The van der Waals surface area contributed by atoms with Gasteiger partial charge < -0.3 is 0 Å². The number of hydrogen-bond donors (Lipinski definition) is 0. The number of hydrogen-bond acceptors (Lipinski definition) is 0. The summed E-state index contributed by atoms with van der Waals surface area (Å²) < 4.78 is 0. The predicted molar refractivity (Wildman–Crippen MR) is 78.6 cm³/mol. The number of benzene rings is 1. The van der Waals surface area contributed by atoms with Crippen LogP contribution in [0.4, 0.5) is 0 Å². The standard InChI is InChI=1S/C18H23/c1-2-3-4-5-7-14-10-11-17-12-15-8-6-9-16(15)13-18(14)17/h10-13H,2-9H2,1H3. The van der Waals surface area contributed by atoms with Crippen LogP contribution in [-0.4, -0.2) is 0 Å². The van der Waals surface area contributed by atoms with Crippen molar-refractivity contribution < 1.29 is 0 Å². The summed E-state index contributed by atoms with van der Waals surface area (Å²) in [5.74, 6) is 1.58. The lowest BCUT2D eigenvalue weighted by molar-refractivity contribution is 0.654. The molecule has 1 radical (unpaired) electrons. The molecular formula is C18H23. The largest absolute Gasteiger partial charge is 0.0721 e. The molecule has 0 aromatic heterocycles. The highest BCUT2D eigenvalue weighted by atomic mass is 14.3. The van der Waals surface area contributed by atoms with Gasteiger partial charge in [-0.25, -0.2) is 0 Å². The molecule has 0 N–H and O–H groups in total. The van der Waals surface area contributed by atoms with Gasteiger partial charge >= 0.3 is 0 Å². The molecule has 18 heavy (non-hydrogen) atoms. The lowest BCUT2D eigenvalue weighted by Gasteiger charge is -2.12. The molecule has 0 atom stereocenters. The molecule has 0 heterocycles. The van der Waals surface area contributed by atoms with Crippen molar-refractivity contribution in [1.82, 2.24) is 0 Å². The van der Waals surface area contributed by atoms with Crippen molar-refractivity contribution in [2.45, 2.75) is 58.3 Å². The lowest BCUT2D eigenvalue weighted by Crippen LogP contribution is -1.97. The van der Waals surface area contributed by atoms with Crippen LogP contribution in [-0.2, 0) is 12.8 Å². The molecule has 0 heteroatoms. The zero-order valence-corrected chi connectivity index (χ0v) is 11.5. The average molecular weight is 239 g/mol. The molecule has 0 nitrogen and oxygen atoms in total. The van der Waals surface area contributed by atoms with E-state index in [1.807, 2.05) is 0 Å². The fraction of sp³-hybridized carbons (Fsp3) is 0.500. The van der Waals surface area contributed by atoms with Crippen LogP contribution in [0.1, 0.15) is 67.7 Å². The van der Waals surface area contributed by atoms with Crippen molar-refractivity contribution in [1.29, 1.82) is 0 Å². The van der Waals surface area contributed by atoms with Gasteiger partial charge in [-0.05, 0) is 47.9 Å². The zero-order valence-electron chi connectivity index (χ0n) is 11.5. The van der Waals surface area contributed by atoms with Gasteiger partial charge in [0.25, 0.3) is 0 Å². The van der Waals surface area contributed by atoms with Gasteiger partial charge in [0.05, 0.1) is 0 Å². The van der Waals surface area contributed by atoms with Crippen LogP contribution in [0.5, 0.6) is 0 Å². The second kappa shape index (κ2) is 5.30. The highest BCUT2D eigenvalue weighted by Gasteiger charge is 2.21. The van der Waals surface area contributed by atoms with E-state index >= 15 is 0 Å². The molecule has 3 rings (SSSR count). The second-order valence-corrected chi connectivity index (χ2v) is 5.73. The predicted octanol–water partition coefficient (Wildman–Crippen LogP) is 5.10. The van der Waals surface area contributed by atoms with Crippen LogP contribution < -0.4 is 0 Å². The van der Waals surface area contributed by atoms with Crippen LogP contribution in [0.25, 0.3) is 6.08 Å². The Hall–Kier alpha value is -1.04. The molecule has 0 amide bonds. The van der Waals surface area contributed by atoms with Gasteiger partial charge in [-0.15, -0.1) is 0 Å². The summed E-state index contributed by atoms with van der Waals surface area (Å²) in [7, 11) is 0. The summed E-state index contributed by atoms with van der Waals surface area (Å²) in [6, 6.07) is 4.92. The second-order valence-electron chi connectivity index (χ2n) is 5.73. The van der Waals surface area contributed by atoms with Crippen molar-refractivity contribution in [3.8, 4) is 0 Å². The fourth-order valence-electron chi connectivity index (χ4n) is 3.30. The van der Waals surface area contributed by atoms with Crippen molar-refractivity contribution >= 4 is 6.08 Å². The summed E-state index contributed by atoms with van der Waals surface area (Å²) in [6.45, 7) is 2.28. The van der Waals surface area contributed by atoms with E-state index < -0.39 is 0 Å². The van der Waals surface area contributed by atoms with E-state index in [1.165, 1.54) is 62.5 Å². The Morgan fingerprint density at radius 1 is 0.944 bits per heavy atom. The van der Waals surface area contributed by atoms with Crippen LogP contribution in [0.2, 0.25) is 0 Å². The van der Waals surface area contributed by atoms with Gasteiger partial charge in [0.15, 0.2) is 0 Å². The van der Waals surface area contributed by atoms with Crippen LogP contribution in [0, 0.1) is 5.92 Å². The Morgan fingerprint density at radius 2 is 1.78 bits per heavy atom. The molecule has 95 valence electrons. The maximum absolute atomic E-state index is 2.48. The molecular weight excluding hydrogens is 216 g/mol. The highest BCUT2D eigenvalue weighted by molar-refractivity contribution is 5.70. The molecule has 0 saturated carbocycles. The summed E-state index contributed by atoms with van der Waals surface area (Å²) in [5.41, 5.74) is 6.22. The van der Waals surface area contributed by atoms with E-state index in [2.05, 4.69) is 31.2 Å². The molecule has 0 fully saturated rings. The van der Waals surface area contributed by atoms with Crippen molar-refractivity contribution in [3.63, 3.8) is 0 Å². The molecule has 2 aliphatic carbocycles. The number of unbranched alkanes of at least 4 members (excludes halogenated alkanes) is 3. The maximum Gasteiger partial charge on any atom is 0.0273 e. The minimum absolute atomic E-state index is 1.27. The summed E-state index contributed by atoms with van der Waals surface area (Å²) in [6.07, 6.45) is 15.3. The quantitative estimate of drug-likeness (QED) is 0.627. The number of aryl methyl sites for hydroxylation is 2. The zero-order chi connectivity index (χ0) is 12.4. The lowest BCUT2D eigenvalue weighted by atomic mass is 9.92. The third kappa shape index (κ3) is 2.25. The van der Waals surface area contributed by atoms with Crippen molar-refractivity contribution in [2.75, 3.05) is 0 Å². The monoisotopic (exact) mass is 239 g/mol. The van der Waals surface area contributed by atoms with Gasteiger partial charge in [0.1, 0.15) is 0 Å². The Balaban J connectivity index is 1.69. The average Bonchev–Trinajstić information content (AvgIpc) is 2.98. The highest BCUT2D eigenvalue weighted by Crippen LogP contribution is 2.37. The fourth-order valence-corrected chi connectivity index (χ4v) is 3.30. The molecule has 0 aliphatic heterocycles. The Kier molecular flexibility index (Phi) is 3.54. The SMILES string of the molecule is CCCCCC[C]1C=Cc2cc3c(cc21)CCC3. The van der Waals surface area contributed by atoms with Crippen molar-refractivity contribution in [3.05, 3.63) is 46.4 Å². The Labute approximate surface area is 111 Å². The molecule has 0 unspecified atom stereocenters. The number of allylic oxidation sites excluding steroid dienone is 1. The van der Waals surface area contributed by atoms with Gasteiger partial charge in [-0.3, -0.25) is 0 Å². The third-order valence-corrected chi connectivity index (χ3v) is 4.37. The van der Waals surface area contributed by atoms with Gasteiger partial charge in [-0.2, -0.15) is 0 Å². The normalized spacial score (nSPS) is 17.2. The van der Waals surface area contributed by atoms with Gasteiger partial charge in [0.2, 0.25) is 0 Å². The van der Waals surface area contributed by atoms with Crippen LogP contribution in [0.3, 0.4) is 0 Å². The van der Waals surface area contributed by atoms with Crippen LogP contribution in [0.15, 0.2) is 18.2 Å². The third-order valence-electron chi connectivity index (χ3n) is 4.37. The van der Waals surface area contributed by atoms with E-state index in [0.717, 1.165) is 0 Å². The minimum atomic E-state index is 1.27. The Bertz CT molecular complexity index is 453. The molecule has 0 saturated heterocycles. The minimum Gasteiger partial charge on any atom is -0.0721 e. The van der Waals surface area contributed by atoms with E-state index in [0.29, 0.717) is 0 Å². The summed E-state index contributed by atoms with van der Waals surface area (Å²) >= 11 is 0. The first-order chi connectivity index (χ1) is 8.88. The topological polar surface area (TPSA) is 0 Å². The molecule has 1 aromatic rings. The maximum atomic E-state index is 2.48. The summed E-state index contributed by atoms with van der Waals surface area (Å²) in [5, 5.41) is 0. The molecule has 2 aliphatic rings. The number of fused-ring (bicyclic) bond motifs is 2. The first-order valence-corrected chi connectivity index (χ1v) is 7.58. The smallest absolute Gasteiger partial charge is 0.0273 e. The molecule has 0 spiro atoms. The van der Waals surface area contributed by atoms with E-state index in [-0.39, 0.29) is 0 Å². The Morgan fingerprint density at radius 3 is 2.61 bits per heavy atom. The van der Waals surface area contributed by atoms with Crippen LogP contribution >= 0.6 is 0 Å². The van der Waals surface area contributed by atoms with E-state index in [9.17, 15) is 0 Å². The van der Waals surface area contributed by atoms with E-state index in [1.54, 1.807) is 17.0 Å². The molecule has 0 bridgehead atoms. The van der Waals surface area contributed by atoms with Crippen molar-refractivity contribution in [2.24, 2.45) is 0 Å². The first kappa shape index (κ1) is 12.0.